The van der Waals surface area contributed by atoms with Gasteiger partial charge in [0.1, 0.15) is 6.04 Å². The van der Waals surface area contributed by atoms with Gasteiger partial charge in [0.15, 0.2) is 0 Å². The van der Waals surface area contributed by atoms with E-state index in [1.165, 1.54) is 15.6 Å². The van der Waals surface area contributed by atoms with E-state index in [0.29, 0.717) is 13.0 Å². The van der Waals surface area contributed by atoms with E-state index in [0.717, 1.165) is 4.88 Å². The minimum absolute atomic E-state index is 0.325. The maximum atomic E-state index is 11.5. The predicted molar refractivity (Wildman–Crippen MR) is 74.9 cm³/mol. The number of aryl methyl sites for hydroxylation is 1. The number of hydrogen-bond acceptors (Lipinski definition) is 4. The van der Waals surface area contributed by atoms with Gasteiger partial charge in [-0.2, -0.15) is 0 Å². The molecule has 0 amide bonds. The molecule has 0 spiro atoms. The summed E-state index contributed by atoms with van der Waals surface area (Å²) in [5, 5.41) is 1.24. The average molecular weight is 263 g/mol. The van der Waals surface area contributed by atoms with Crippen LogP contribution in [0.1, 0.15) is 17.4 Å². The Morgan fingerprint density at radius 1 is 1.44 bits per heavy atom. The van der Waals surface area contributed by atoms with Gasteiger partial charge in [0.25, 0.3) is 0 Å². The average Bonchev–Trinajstić information content (AvgIpc) is 2.67. The quantitative estimate of drug-likeness (QED) is 0.863. The van der Waals surface area contributed by atoms with Gasteiger partial charge in [-0.1, -0.05) is 18.2 Å². The lowest BCUT2D eigenvalue weighted by Crippen LogP contribution is -2.34. The minimum Gasteiger partial charge on any atom is -0.465 e. The van der Waals surface area contributed by atoms with Crippen molar-refractivity contribution in [2.75, 3.05) is 6.61 Å². The van der Waals surface area contributed by atoms with Gasteiger partial charge < -0.3 is 10.5 Å². The summed E-state index contributed by atoms with van der Waals surface area (Å²) in [6, 6.07) is 7.66. The molecule has 1 aromatic carbocycles. The molecule has 1 heterocycles. The van der Waals surface area contributed by atoms with Crippen LogP contribution < -0.4 is 5.73 Å². The third-order valence-corrected chi connectivity index (χ3v) is 4.23. The zero-order valence-corrected chi connectivity index (χ0v) is 11.4. The second kappa shape index (κ2) is 5.50. The molecule has 0 aliphatic rings. The summed E-state index contributed by atoms with van der Waals surface area (Å²) >= 11 is 1.70. The molecule has 2 rings (SSSR count). The van der Waals surface area contributed by atoms with Gasteiger partial charge in [0, 0.05) is 16.0 Å². The number of carbonyl (C=O) groups excluding carboxylic acids is 1. The van der Waals surface area contributed by atoms with Crippen molar-refractivity contribution in [1.82, 2.24) is 0 Å². The molecule has 18 heavy (non-hydrogen) atoms. The fraction of sp³-hybridized carbons (Fsp3) is 0.357. The molecule has 2 N–H and O–H groups in total. The molecule has 0 radical (unpaired) electrons. The SMILES string of the molecule is CCOC(=O)C(N)Cc1sc2ccccc2c1C. The number of fused-ring (bicyclic) bond motifs is 1. The molecule has 0 fully saturated rings. The van der Waals surface area contributed by atoms with Crippen molar-refractivity contribution in [2.45, 2.75) is 26.3 Å². The second-order valence-electron chi connectivity index (χ2n) is 4.21. The van der Waals surface area contributed by atoms with Crippen molar-refractivity contribution in [3.05, 3.63) is 34.7 Å². The lowest BCUT2D eigenvalue weighted by Gasteiger charge is -2.09. The van der Waals surface area contributed by atoms with Crippen LogP contribution >= 0.6 is 11.3 Å². The highest BCUT2D eigenvalue weighted by molar-refractivity contribution is 7.19. The van der Waals surface area contributed by atoms with Crippen LogP contribution in [-0.4, -0.2) is 18.6 Å². The number of carbonyl (C=O) groups is 1. The Kier molecular flexibility index (Phi) is 3.99. The molecule has 4 heteroatoms. The third kappa shape index (κ3) is 2.54. The number of thiophene rings is 1. The first-order chi connectivity index (χ1) is 8.63. The van der Waals surface area contributed by atoms with Gasteiger partial charge in [-0.3, -0.25) is 4.79 Å². The molecule has 0 aliphatic carbocycles. The topological polar surface area (TPSA) is 52.3 Å². The predicted octanol–water partition coefficient (Wildman–Crippen LogP) is 2.64. The molecular weight excluding hydrogens is 246 g/mol. The highest BCUT2D eigenvalue weighted by Gasteiger charge is 2.18. The summed E-state index contributed by atoms with van der Waals surface area (Å²) < 4.78 is 6.17. The van der Waals surface area contributed by atoms with E-state index in [4.69, 9.17) is 10.5 Å². The Hall–Kier alpha value is -1.39. The monoisotopic (exact) mass is 263 g/mol. The van der Waals surface area contributed by atoms with Crippen molar-refractivity contribution >= 4 is 27.4 Å². The first-order valence-electron chi connectivity index (χ1n) is 6.02. The molecule has 1 aromatic heterocycles. The fourth-order valence-electron chi connectivity index (χ4n) is 1.95. The zero-order chi connectivity index (χ0) is 13.1. The van der Waals surface area contributed by atoms with Gasteiger partial charge in [0.05, 0.1) is 6.61 Å². The first-order valence-corrected chi connectivity index (χ1v) is 6.84. The molecule has 0 saturated carbocycles. The molecule has 1 unspecified atom stereocenters. The Morgan fingerprint density at radius 2 is 2.17 bits per heavy atom. The van der Waals surface area contributed by atoms with E-state index in [1.807, 2.05) is 12.1 Å². The maximum absolute atomic E-state index is 11.5. The summed E-state index contributed by atoms with van der Waals surface area (Å²) in [7, 11) is 0. The Balaban J connectivity index is 2.21. The van der Waals surface area contributed by atoms with Crippen LogP contribution in [0.15, 0.2) is 24.3 Å². The largest absolute Gasteiger partial charge is 0.465 e. The van der Waals surface area contributed by atoms with Crippen molar-refractivity contribution < 1.29 is 9.53 Å². The van der Waals surface area contributed by atoms with Crippen LogP contribution in [0.3, 0.4) is 0 Å². The number of esters is 1. The van der Waals surface area contributed by atoms with Crippen molar-refractivity contribution in [3.63, 3.8) is 0 Å². The van der Waals surface area contributed by atoms with Crippen LogP contribution in [-0.2, 0) is 16.0 Å². The summed E-state index contributed by atoms with van der Waals surface area (Å²) in [5.74, 6) is -0.325. The third-order valence-electron chi connectivity index (χ3n) is 2.94. The van der Waals surface area contributed by atoms with E-state index >= 15 is 0 Å². The van der Waals surface area contributed by atoms with Crippen molar-refractivity contribution in [3.8, 4) is 0 Å². The van der Waals surface area contributed by atoms with E-state index in [2.05, 4.69) is 19.1 Å². The maximum Gasteiger partial charge on any atom is 0.323 e. The van der Waals surface area contributed by atoms with Crippen LogP contribution in [0.5, 0.6) is 0 Å². The van der Waals surface area contributed by atoms with Gasteiger partial charge in [0.2, 0.25) is 0 Å². The first kappa shape index (κ1) is 13.1. The number of nitrogens with two attached hydrogens (primary N) is 1. The fourth-order valence-corrected chi connectivity index (χ4v) is 3.22. The standard InChI is InChI=1S/C14H17NO2S/c1-3-17-14(16)11(15)8-13-9(2)10-6-4-5-7-12(10)18-13/h4-7,11H,3,8,15H2,1-2H3. The van der Waals surface area contributed by atoms with Crippen LogP contribution in [0, 0.1) is 6.92 Å². The van der Waals surface area contributed by atoms with E-state index in [9.17, 15) is 4.79 Å². The lowest BCUT2D eigenvalue weighted by molar-refractivity contribution is -0.144. The molecular formula is C14H17NO2S. The molecule has 96 valence electrons. The Labute approximate surface area is 111 Å². The number of benzene rings is 1. The summed E-state index contributed by atoms with van der Waals surface area (Å²) in [4.78, 5) is 12.7. The highest BCUT2D eigenvalue weighted by atomic mass is 32.1. The zero-order valence-electron chi connectivity index (χ0n) is 10.6. The van der Waals surface area contributed by atoms with E-state index < -0.39 is 6.04 Å². The van der Waals surface area contributed by atoms with Gasteiger partial charge in [-0.15, -0.1) is 11.3 Å². The Morgan fingerprint density at radius 3 is 2.83 bits per heavy atom. The van der Waals surface area contributed by atoms with Gasteiger partial charge >= 0.3 is 5.97 Å². The van der Waals surface area contributed by atoms with Gasteiger partial charge in [-0.05, 0) is 30.9 Å². The summed E-state index contributed by atoms with van der Waals surface area (Å²) in [5.41, 5.74) is 7.08. The van der Waals surface area contributed by atoms with Crippen LogP contribution in [0.25, 0.3) is 10.1 Å². The minimum atomic E-state index is -0.572. The van der Waals surface area contributed by atoms with Crippen LogP contribution in [0.4, 0.5) is 0 Å². The van der Waals surface area contributed by atoms with E-state index in [-0.39, 0.29) is 5.97 Å². The lowest BCUT2D eigenvalue weighted by atomic mass is 10.1. The molecule has 1 atom stereocenters. The second-order valence-corrected chi connectivity index (χ2v) is 5.35. The van der Waals surface area contributed by atoms with Crippen molar-refractivity contribution in [1.29, 1.82) is 0 Å². The van der Waals surface area contributed by atoms with E-state index in [1.54, 1.807) is 18.3 Å². The molecule has 0 bridgehead atoms. The summed E-state index contributed by atoms with van der Waals surface area (Å²) in [6.45, 7) is 4.24. The number of hydrogen-bond donors (Lipinski definition) is 1. The van der Waals surface area contributed by atoms with Crippen LogP contribution in [0.2, 0.25) is 0 Å². The van der Waals surface area contributed by atoms with Crippen molar-refractivity contribution in [2.24, 2.45) is 5.73 Å². The number of rotatable bonds is 4. The molecule has 0 aliphatic heterocycles. The summed E-state index contributed by atoms with van der Waals surface area (Å²) in [6.07, 6.45) is 0.546. The number of ether oxygens (including phenoxy) is 1. The smallest absolute Gasteiger partial charge is 0.323 e. The molecule has 0 saturated heterocycles. The highest BCUT2D eigenvalue weighted by Crippen LogP contribution is 2.31. The molecule has 2 aromatic rings. The van der Waals surface area contributed by atoms with Gasteiger partial charge in [-0.25, -0.2) is 0 Å². The normalized spacial score (nSPS) is 12.6. The Bertz CT molecular complexity index is 562. The molecule has 3 nitrogen and oxygen atoms in total.